The van der Waals surface area contributed by atoms with Gasteiger partial charge in [-0.2, -0.15) is 0 Å². The van der Waals surface area contributed by atoms with E-state index in [9.17, 15) is 9.59 Å². The molecular formula is C19H22N2O3. The van der Waals surface area contributed by atoms with Crippen molar-refractivity contribution in [3.63, 3.8) is 0 Å². The summed E-state index contributed by atoms with van der Waals surface area (Å²) in [5.41, 5.74) is 0.989. The summed E-state index contributed by atoms with van der Waals surface area (Å²) in [4.78, 5) is 24.9. The van der Waals surface area contributed by atoms with Crippen molar-refractivity contribution in [1.29, 1.82) is 0 Å². The van der Waals surface area contributed by atoms with E-state index in [0.717, 1.165) is 5.69 Å². The first kappa shape index (κ1) is 16.3. The number of carbonyl (C=O) groups is 2. The fourth-order valence-electron chi connectivity index (χ4n) is 2.63. The van der Waals surface area contributed by atoms with Crippen LogP contribution in [0.1, 0.15) is 43.9 Å². The molecule has 126 valence electrons. The SMILES string of the molecule is CC(C)c1ccc(NC(=O)C2(C(=O)NCc3ccco3)CC2)cc1. The maximum atomic E-state index is 12.5. The van der Waals surface area contributed by atoms with Gasteiger partial charge in [-0.1, -0.05) is 26.0 Å². The van der Waals surface area contributed by atoms with E-state index in [1.807, 2.05) is 24.3 Å². The van der Waals surface area contributed by atoms with E-state index < -0.39 is 5.41 Å². The van der Waals surface area contributed by atoms with Crippen LogP contribution in [0.4, 0.5) is 5.69 Å². The zero-order valence-corrected chi connectivity index (χ0v) is 14.0. The molecular weight excluding hydrogens is 304 g/mol. The number of amides is 2. The van der Waals surface area contributed by atoms with Crippen molar-refractivity contribution in [3.8, 4) is 0 Å². The van der Waals surface area contributed by atoms with Crippen LogP contribution in [-0.2, 0) is 16.1 Å². The van der Waals surface area contributed by atoms with Crippen molar-refractivity contribution < 1.29 is 14.0 Å². The van der Waals surface area contributed by atoms with Gasteiger partial charge in [0.25, 0.3) is 0 Å². The van der Waals surface area contributed by atoms with Crippen molar-refractivity contribution >= 4 is 17.5 Å². The highest BCUT2D eigenvalue weighted by atomic mass is 16.3. The van der Waals surface area contributed by atoms with Crippen LogP contribution in [0.3, 0.4) is 0 Å². The van der Waals surface area contributed by atoms with Gasteiger partial charge in [0.1, 0.15) is 11.2 Å². The highest BCUT2D eigenvalue weighted by Crippen LogP contribution is 2.46. The highest BCUT2D eigenvalue weighted by molar-refractivity contribution is 6.13. The zero-order chi connectivity index (χ0) is 17.2. The fourth-order valence-corrected chi connectivity index (χ4v) is 2.63. The summed E-state index contributed by atoms with van der Waals surface area (Å²) in [5, 5.41) is 5.65. The van der Waals surface area contributed by atoms with Crippen molar-refractivity contribution in [2.24, 2.45) is 5.41 Å². The Hall–Kier alpha value is -2.56. The number of anilines is 1. The highest BCUT2D eigenvalue weighted by Gasteiger charge is 2.56. The summed E-state index contributed by atoms with van der Waals surface area (Å²) in [6.45, 7) is 4.54. The van der Waals surface area contributed by atoms with Gasteiger partial charge < -0.3 is 15.1 Å². The molecule has 1 aromatic carbocycles. The summed E-state index contributed by atoms with van der Waals surface area (Å²) in [5.74, 6) is 0.632. The van der Waals surface area contributed by atoms with Gasteiger partial charge in [0.2, 0.25) is 11.8 Å². The molecule has 1 heterocycles. The third kappa shape index (κ3) is 3.35. The molecule has 1 saturated carbocycles. The standard InChI is InChI=1S/C19H22N2O3/c1-13(2)14-5-7-15(8-6-14)21-18(23)19(9-10-19)17(22)20-12-16-4-3-11-24-16/h3-8,11,13H,9-10,12H2,1-2H3,(H,20,22)(H,21,23). The lowest BCUT2D eigenvalue weighted by Crippen LogP contribution is -2.39. The van der Waals surface area contributed by atoms with Crippen LogP contribution in [0.2, 0.25) is 0 Å². The van der Waals surface area contributed by atoms with E-state index in [0.29, 0.717) is 31.1 Å². The van der Waals surface area contributed by atoms with E-state index in [1.165, 1.54) is 5.56 Å². The van der Waals surface area contributed by atoms with Crippen molar-refractivity contribution in [3.05, 3.63) is 54.0 Å². The topological polar surface area (TPSA) is 71.3 Å². The molecule has 0 radical (unpaired) electrons. The molecule has 0 saturated heterocycles. The molecule has 2 amide bonds. The monoisotopic (exact) mass is 326 g/mol. The molecule has 5 nitrogen and oxygen atoms in total. The van der Waals surface area contributed by atoms with Crippen LogP contribution in [0.25, 0.3) is 0 Å². The van der Waals surface area contributed by atoms with E-state index in [-0.39, 0.29) is 11.8 Å². The smallest absolute Gasteiger partial charge is 0.240 e. The molecule has 0 spiro atoms. The van der Waals surface area contributed by atoms with Crippen molar-refractivity contribution in [1.82, 2.24) is 5.32 Å². The van der Waals surface area contributed by atoms with Gasteiger partial charge in [-0.3, -0.25) is 9.59 Å². The first-order valence-electron chi connectivity index (χ1n) is 8.23. The zero-order valence-electron chi connectivity index (χ0n) is 14.0. The number of furan rings is 1. The molecule has 1 aromatic heterocycles. The molecule has 2 aromatic rings. The summed E-state index contributed by atoms with van der Waals surface area (Å²) >= 11 is 0. The minimum atomic E-state index is -0.941. The van der Waals surface area contributed by atoms with Crippen LogP contribution in [0.5, 0.6) is 0 Å². The number of hydrogen-bond donors (Lipinski definition) is 2. The number of nitrogens with one attached hydrogen (secondary N) is 2. The lowest BCUT2D eigenvalue weighted by atomic mass is 10.0. The third-order valence-electron chi connectivity index (χ3n) is 4.46. The Morgan fingerprint density at radius 1 is 1.12 bits per heavy atom. The second kappa shape index (κ2) is 6.51. The molecule has 0 unspecified atom stereocenters. The normalized spacial score (nSPS) is 15.1. The Morgan fingerprint density at radius 3 is 2.38 bits per heavy atom. The average molecular weight is 326 g/mol. The molecule has 1 aliphatic carbocycles. The van der Waals surface area contributed by atoms with E-state index in [1.54, 1.807) is 18.4 Å². The number of rotatable bonds is 6. The molecule has 1 fully saturated rings. The van der Waals surface area contributed by atoms with Gasteiger partial charge in [0.05, 0.1) is 12.8 Å². The largest absolute Gasteiger partial charge is 0.467 e. The first-order chi connectivity index (χ1) is 11.5. The first-order valence-corrected chi connectivity index (χ1v) is 8.23. The molecule has 3 rings (SSSR count). The Kier molecular flexibility index (Phi) is 4.42. The van der Waals surface area contributed by atoms with Crippen LogP contribution in [0.15, 0.2) is 47.1 Å². The summed E-state index contributed by atoms with van der Waals surface area (Å²) in [7, 11) is 0. The molecule has 0 atom stereocenters. The van der Waals surface area contributed by atoms with E-state index in [4.69, 9.17) is 4.42 Å². The predicted octanol–water partition coefficient (Wildman–Crippen LogP) is 3.44. The molecule has 0 bridgehead atoms. The predicted molar refractivity (Wildman–Crippen MR) is 91.4 cm³/mol. The van der Waals surface area contributed by atoms with Crippen molar-refractivity contribution in [2.75, 3.05) is 5.32 Å². The van der Waals surface area contributed by atoms with Gasteiger partial charge in [-0.25, -0.2) is 0 Å². The molecule has 0 aliphatic heterocycles. The summed E-state index contributed by atoms with van der Waals surface area (Å²) < 4.78 is 5.19. The van der Waals surface area contributed by atoms with Gasteiger partial charge in [0.15, 0.2) is 0 Å². The van der Waals surface area contributed by atoms with Crippen LogP contribution >= 0.6 is 0 Å². The van der Waals surface area contributed by atoms with Gasteiger partial charge in [0, 0.05) is 5.69 Å². The number of carbonyl (C=O) groups excluding carboxylic acids is 2. The van der Waals surface area contributed by atoms with E-state index in [2.05, 4.69) is 24.5 Å². The summed E-state index contributed by atoms with van der Waals surface area (Å²) in [6, 6.07) is 11.3. The average Bonchev–Trinajstić information content (AvgIpc) is 3.23. The fraction of sp³-hybridized carbons (Fsp3) is 0.368. The Morgan fingerprint density at radius 2 is 1.83 bits per heavy atom. The molecule has 5 heteroatoms. The number of benzene rings is 1. The molecule has 1 aliphatic rings. The minimum Gasteiger partial charge on any atom is -0.467 e. The minimum absolute atomic E-state index is 0.239. The molecule has 2 N–H and O–H groups in total. The maximum absolute atomic E-state index is 12.5. The van der Waals surface area contributed by atoms with Gasteiger partial charge >= 0.3 is 0 Å². The van der Waals surface area contributed by atoms with Gasteiger partial charge in [-0.15, -0.1) is 0 Å². The summed E-state index contributed by atoms with van der Waals surface area (Å²) in [6.07, 6.45) is 2.71. The van der Waals surface area contributed by atoms with Crippen LogP contribution < -0.4 is 10.6 Å². The second-order valence-corrected chi connectivity index (χ2v) is 6.57. The molecule has 24 heavy (non-hydrogen) atoms. The number of hydrogen-bond acceptors (Lipinski definition) is 3. The Labute approximate surface area is 141 Å². The Balaban J connectivity index is 1.60. The quantitative estimate of drug-likeness (QED) is 0.799. The third-order valence-corrected chi connectivity index (χ3v) is 4.46. The van der Waals surface area contributed by atoms with Gasteiger partial charge in [-0.05, 0) is 48.6 Å². The lowest BCUT2D eigenvalue weighted by Gasteiger charge is -2.15. The second-order valence-electron chi connectivity index (χ2n) is 6.57. The van der Waals surface area contributed by atoms with Crippen molar-refractivity contribution in [2.45, 2.75) is 39.2 Å². The van der Waals surface area contributed by atoms with Crippen LogP contribution in [-0.4, -0.2) is 11.8 Å². The maximum Gasteiger partial charge on any atom is 0.240 e. The Bertz CT molecular complexity index is 714. The van der Waals surface area contributed by atoms with E-state index >= 15 is 0 Å². The lowest BCUT2D eigenvalue weighted by molar-refractivity contribution is -0.134. The van der Waals surface area contributed by atoms with Crippen LogP contribution in [0, 0.1) is 5.41 Å².